The minimum absolute atomic E-state index is 0.0259. The Morgan fingerprint density at radius 2 is 1.69 bits per heavy atom. The minimum Gasteiger partial charge on any atom is -0.394 e. The molecule has 5 nitrogen and oxygen atoms in total. The van der Waals surface area contributed by atoms with E-state index in [1.807, 2.05) is 6.07 Å². The smallest absolute Gasteiger partial charge is 0.394 e. The molecule has 0 saturated heterocycles. The molecular weight excluding hydrogens is 345 g/mol. The lowest BCUT2D eigenvalue weighted by Gasteiger charge is -2.19. The molecule has 8 heteroatoms. The number of nitrogens with zero attached hydrogens (tertiary/aromatic N) is 3. The van der Waals surface area contributed by atoms with Crippen LogP contribution >= 0.6 is 0 Å². The van der Waals surface area contributed by atoms with Gasteiger partial charge in [-0.25, -0.2) is 9.97 Å². The highest BCUT2D eigenvalue weighted by Gasteiger charge is 2.34. The van der Waals surface area contributed by atoms with E-state index in [0.717, 1.165) is 11.6 Å². The molecule has 3 aromatic rings. The van der Waals surface area contributed by atoms with Crippen LogP contribution in [0, 0.1) is 0 Å². The van der Waals surface area contributed by atoms with E-state index in [0.29, 0.717) is 5.56 Å². The Bertz CT molecular complexity index is 857. The van der Waals surface area contributed by atoms with Crippen molar-refractivity contribution in [1.29, 1.82) is 0 Å². The molecule has 0 aliphatic carbocycles. The first kappa shape index (κ1) is 17.8. The zero-order chi connectivity index (χ0) is 18.6. The number of halogens is 3. The van der Waals surface area contributed by atoms with Gasteiger partial charge in [-0.3, -0.25) is 4.98 Å². The lowest BCUT2D eigenvalue weighted by atomic mass is 10.1. The van der Waals surface area contributed by atoms with Gasteiger partial charge in [-0.2, -0.15) is 13.2 Å². The van der Waals surface area contributed by atoms with E-state index >= 15 is 0 Å². The van der Waals surface area contributed by atoms with E-state index in [1.54, 1.807) is 24.3 Å². The zero-order valence-electron chi connectivity index (χ0n) is 13.5. The first-order valence-electron chi connectivity index (χ1n) is 7.76. The topological polar surface area (TPSA) is 70.9 Å². The monoisotopic (exact) mass is 360 g/mol. The molecule has 26 heavy (non-hydrogen) atoms. The Kier molecular flexibility index (Phi) is 5.13. The lowest BCUT2D eigenvalue weighted by molar-refractivity contribution is -0.141. The van der Waals surface area contributed by atoms with Gasteiger partial charge >= 0.3 is 6.18 Å². The van der Waals surface area contributed by atoms with Crippen LogP contribution in [0.15, 0.2) is 60.9 Å². The van der Waals surface area contributed by atoms with Crippen LogP contribution in [0.3, 0.4) is 0 Å². The van der Waals surface area contributed by atoms with Gasteiger partial charge in [0.1, 0.15) is 5.82 Å². The Morgan fingerprint density at radius 1 is 1.00 bits per heavy atom. The molecular formula is C18H15F3N4O. The molecule has 0 radical (unpaired) electrons. The number of alkyl halides is 3. The van der Waals surface area contributed by atoms with Crippen molar-refractivity contribution >= 4 is 5.82 Å². The minimum atomic E-state index is -4.62. The van der Waals surface area contributed by atoms with Crippen molar-refractivity contribution in [3.05, 3.63) is 72.2 Å². The molecule has 1 aromatic carbocycles. The molecule has 2 aromatic heterocycles. The van der Waals surface area contributed by atoms with Gasteiger partial charge in [-0.1, -0.05) is 30.3 Å². The SMILES string of the molecule is OCC(Nc1cc(C(F)(F)F)nc(-c2ccncc2)n1)c1ccccc1. The molecule has 3 rings (SSSR count). The predicted molar refractivity (Wildman–Crippen MR) is 90.2 cm³/mol. The molecule has 1 unspecified atom stereocenters. The van der Waals surface area contributed by atoms with Gasteiger partial charge in [0.15, 0.2) is 11.5 Å². The second-order valence-corrected chi connectivity index (χ2v) is 5.49. The lowest BCUT2D eigenvalue weighted by Crippen LogP contribution is -2.17. The number of pyridine rings is 1. The molecule has 0 amide bonds. The summed E-state index contributed by atoms with van der Waals surface area (Å²) in [5.41, 5.74) is 0.0774. The second-order valence-electron chi connectivity index (χ2n) is 5.49. The third kappa shape index (κ3) is 4.15. The van der Waals surface area contributed by atoms with Crippen LogP contribution in [0.1, 0.15) is 17.3 Å². The highest BCUT2D eigenvalue weighted by atomic mass is 19.4. The molecule has 0 aliphatic rings. The molecule has 0 fully saturated rings. The quantitative estimate of drug-likeness (QED) is 0.726. The Morgan fingerprint density at radius 3 is 2.31 bits per heavy atom. The van der Waals surface area contributed by atoms with Crippen LogP contribution in [-0.4, -0.2) is 26.7 Å². The van der Waals surface area contributed by atoms with Crippen LogP contribution in [0.25, 0.3) is 11.4 Å². The van der Waals surface area contributed by atoms with Crippen molar-refractivity contribution in [3.63, 3.8) is 0 Å². The molecule has 134 valence electrons. The number of benzene rings is 1. The van der Waals surface area contributed by atoms with E-state index in [9.17, 15) is 18.3 Å². The van der Waals surface area contributed by atoms with Gasteiger partial charge in [-0.15, -0.1) is 0 Å². The summed E-state index contributed by atoms with van der Waals surface area (Å²) in [5, 5.41) is 12.5. The Balaban J connectivity index is 2.00. The third-order valence-electron chi connectivity index (χ3n) is 3.66. The van der Waals surface area contributed by atoms with E-state index in [-0.39, 0.29) is 18.2 Å². The van der Waals surface area contributed by atoms with Gasteiger partial charge in [-0.05, 0) is 17.7 Å². The molecule has 1 atom stereocenters. The van der Waals surface area contributed by atoms with Gasteiger partial charge in [0.2, 0.25) is 0 Å². The standard InChI is InChI=1S/C18H15F3N4O/c19-18(20,21)15-10-16(23-14(11-26)12-4-2-1-3-5-12)25-17(24-15)13-6-8-22-9-7-13/h1-10,14,26H,11H2,(H,23,24,25). The van der Waals surface area contributed by atoms with E-state index < -0.39 is 17.9 Å². The number of rotatable bonds is 5. The second kappa shape index (κ2) is 7.49. The van der Waals surface area contributed by atoms with Crippen molar-refractivity contribution in [2.45, 2.75) is 12.2 Å². The predicted octanol–water partition coefficient (Wildman–Crippen LogP) is 3.70. The van der Waals surface area contributed by atoms with Crippen LogP contribution in [0.2, 0.25) is 0 Å². The van der Waals surface area contributed by atoms with Gasteiger partial charge < -0.3 is 10.4 Å². The number of aliphatic hydroxyl groups is 1. The summed E-state index contributed by atoms with van der Waals surface area (Å²) in [5.74, 6) is -0.100. The fourth-order valence-electron chi connectivity index (χ4n) is 2.39. The Hall–Kier alpha value is -3.00. The van der Waals surface area contributed by atoms with Crippen LogP contribution in [0.5, 0.6) is 0 Å². The number of aromatic nitrogens is 3. The summed E-state index contributed by atoms with van der Waals surface area (Å²) in [4.78, 5) is 11.6. The Labute approximate surface area is 147 Å². The molecule has 0 aliphatic heterocycles. The summed E-state index contributed by atoms with van der Waals surface area (Å²) in [6, 6.07) is 12.2. The summed E-state index contributed by atoms with van der Waals surface area (Å²) < 4.78 is 39.7. The van der Waals surface area contributed by atoms with Crippen LogP contribution < -0.4 is 5.32 Å². The average Bonchev–Trinajstić information content (AvgIpc) is 2.66. The van der Waals surface area contributed by atoms with Crippen molar-refractivity contribution in [3.8, 4) is 11.4 Å². The third-order valence-corrected chi connectivity index (χ3v) is 3.66. The molecule has 2 heterocycles. The first-order chi connectivity index (χ1) is 12.5. The summed E-state index contributed by atoms with van der Waals surface area (Å²) in [6.07, 6.45) is -1.72. The summed E-state index contributed by atoms with van der Waals surface area (Å²) >= 11 is 0. The molecule has 0 spiro atoms. The summed E-state index contributed by atoms with van der Waals surface area (Å²) in [6.45, 7) is -0.306. The van der Waals surface area contributed by atoms with Crippen LogP contribution in [0.4, 0.5) is 19.0 Å². The fraction of sp³-hybridized carbons (Fsp3) is 0.167. The number of aliphatic hydroxyl groups excluding tert-OH is 1. The zero-order valence-corrected chi connectivity index (χ0v) is 13.5. The highest BCUT2D eigenvalue weighted by Crippen LogP contribution is 2.31. The van der Waals surface area contributed by atoms with E-state index in [2.05, 4.69) is 20.3 Å². The maximum absolute atomic E-state index is 13.2. The van der Waals surface area contributed by atoms with E-state index in [1.165, 1.54) is 24.5 Å². The van der Waals surface area contributed by atoms with Crippen molar-refractivity contribution in [1.82, 2.24) is 15.0 Å². The average molecular weight is 360 g/mol. The number of nitrogens with one attached hydrogen (secondary N) is 1. The number of hydrogen-bond acceptors (Lipinski definition) is 5. The largest absolute Gasteiger partial charge is 0.433 e. The van der Waals surface area contributed by atoms with Gasteiger partial charge in [0, 0.05) is 24.0 Å². The maximum atomic E-state index is 13.2. The van der Waals surface area contributed by atoms with Crippen molar-refractivity contribution < 1.29 is 18.3 Å². The van der Waals surface area contributed by atoms with E-state index in [4.69, 9.17) is 0 Å². The molecule has 0 bridgehead atoms. The van der Waals surface area contributed by atoms with Gasteiger partial charge in [0.05, 0.1) is 12.6 Å². The number of anilines is 1. The summed E-state index contributed by atoms with van der Waals surface area (Å²) in [7, 11) is 0. The normalized spacial score (nSPS) is 12.6. The van der Waals surface area contributed by atoms with Gasteiger partial charge in [0.25, 0.3) is 0 Å². The fourth-order valence-corrected chi connectivity index (χ4v) is 2.39. The molecule has 2 N–H and O–H groups in total. The first-order valence-corrected chi connectivity index (χ1v) is 7.76. The molecule has 0 saturated carbocycles. The highest BCUT2D eigenvalue weighted by molar-refractivity contribution is 5.57. The van der Waals surface area contributed by atoms with Crippen molar-refractivity contribution in [2.75, 3.05) is 11.9 Å². The van der Waals surface area contributed by atoms with Crippen LogP contribution in [-0.2, 0) is 6.18 Å². The van der Waals surface area contributed by atoms with Crippen molar-refractivity contribution in [2.24, 2.45) is 0 Å². The number of hydrogen-bond donors (Lipinski definition) is 2. The maximum Gasteiger partial charge on any atom is 0.433 e.